The Morgan fingerprint density at radius 2 is 2.39 bits per heavy atom. The number of hydrogen-bond acceptors (Lipinski definition) is 7. The van der Waals surface area contributed by atoms with E-state index in [1.807, 2.05) is 23.4 Å². The van der Waals surface area contributed by atoms with Gasteiger partial charge in [-0.15, -0.1) is 0 Å². The van der Waals surface area contributed by atoms with Gasteiger partial charge in [0, 0.05) is 13.6 Å². The van der Waals surface area contributed by atoms with Crippen molar-refractivity contribution in [1.29, 1.82) is 0 Å². The number of hydrogen-bond donors (Lipinski definition) is 1. The molecule has 18 heavy (non-hydrogen) atoms. The zero-order valence-electron chi connectivity index (χ0n) is 10.0. The van der Waals surface area contributed by atoms with Crippen molar-refractivity contribution in [2.24, 2.45) is 0 Å². The molecule has 0 aliphatic rings. The summed E-state index contributed by atoms with van der Waals surface area (Å²) >= 11 is 2.85. The number of rotatable bonds is 4. The summed E-state index contributed by atoms with van der Waals surface area (Å²) < 4.78 is 8.74. The molecule has 0 unspecified atom stereocenters. The van der Waals surface area contributed by atoms with Crippen molar-refractivity contribution in [2.45, 2.75) is 6.54 Å². The molecule has 0 fully saturated rings. The summed E-state index contributed by atoms with van der Waals surface area (Å²) in [6, 6.07) is 2.05. The number of methoxy groups -OCH3 is 1. The van der Waals surface area contributed by atoms with Gasteiger partial charge in [0.25, 0.3) is 0 Å². The zero-order chi connectivity index (χ0) is 13.1. The van der Waals surface area contributed by atoms with E-state index in [-0.39, 0.29) is 5.82 Å². The Hall–Kier alpha value is -1.60. The second kappa shape index (κ2) is 5.36. The summed E-state index contributed by atoms with van der Waals surface area (Å²) in [5.41, 5.74) is 7.24. The minimum Gasteiger partial charge on any atom is -0.465 e. The Bertz CT molecular complexity index is 536. The first kappa shape index (κ1) is 12.8. The van der Waals surface area contributed by atoms with Crippen LogP contribution in [0.2, 0.25) is 0 Å². The summed E-state index contributed by atoms with van der Waals surface area (Å²) in [4.78, 5) is 13.6. The molecule has 2 N–H and O–H groups in total. The number of ether oxygens (including phenoxy) is 1. The highest BCUT2D eigenvalue weighted by atomic mass is 32.1. The maximum absolute atomic E-state index is 11.7. The summed E-state index contributed by atoms with van der Waals surface area (Å²) in [5, 5.41) is 4.81. The number of nitrogens with zero attached hydrogens (tertiary/aromatic N) is 2. The first-order valence-corrected chi connectivity index (χ1v) is 6.90. The molecule has 0 aromatic carbocycles. The van der Waals surface area contributed by atoms with Crippen molar-refractivity contribution in [1.82, 2.24) is 4.37 Å². The molecular formula is C11H13N3O2S2. The van der Waals surface area contributed by atoms with Crippen LogP contribution in [0.15, 0.2) is 16.8 Å². The van der Waals surface area contributed by atoms with Gasteiger partial charge in [-0.1, -0.05) is 0 Å². The highest BCUT2D eigenvalue weighted by molar-refractivity contribution is 7.11. The van der Waals surface area contributed by atoms with Gasteiger partial charge in [0.2, 0.25) is 0 Å². The van der Waals surface area contributed by atoms with Crippen LogP contribution >= 0.6 is 22.9 Å². The number of nitrogens with two attached hydrogens (primary N) is 1. The fraction of sp³-hybridized carbons (Fsp3) is 0.273. The number of nitrogen functional groups attached to an aromatic ring is 1. The fourth-order valence-corrected chi connectivity index (χ4v) is 3.00. The predicted octanol–water partition coefficient (Wildman–Crippen LogP) is 2.21. The Kier molecular flexibility index (Phi) is 3.83. The van der Waals surface area contributed by atoms with Crippen LogP contribution in [0.3, 0.4) is 0 Å². The van der Waals surface area contributed by atoms with Crippen molar-refractivity contribution in [3.8, 4) is 0 Å². The minimum absolute atomic E-state index is 0.221. The first-order chi connectivity index (χ1) is 8.63. The van der Waals surface area contributed by atoms with Crippen molar-refractivity contribution < 1.29 is 9.53 Å². The van der Waals surface area contributed by atoms with E-state index in [0.717, 1.165) is 5.00 Å². The number of esters is 1. The molecule has 0 aliphatic heterocycles. The van der Waals surface area contributed by atoms with Crippen LogP contribution in [0, 0.1) is 0 Å². The van der Waals surface area contributed by atoms with Crippen molar-refractivity contribution >= 4 is 39.7 Å². The van der Waals surface area contributed by atoms with Crippen LogP contribution in [0.5, 0.6) is 0 Å². The van der Waals surface area contributed by atoms with Gasteiger partial charge in [-0.3, -0.25) is 0 Å². The number of carbonyl (C=O) groups is 1. The monoisotopic (exact) mass is 283 g/mol. The van der Waals surface area contributed by atoms with Crippen LogP contribution in [0.4, 0.5) is 10.8 Å². The van der Waals surface area contributed by atoms with Gasteiger partial charge >= 0.3 is 5.97 Å². The van der Waals surface area contributed by atoms with Gasteiger partial charge in [0.15, 0.2) is 5.82 Å². The lowest BCUT2D eigenvalue weighted by Crippen LogP contribution is -2.18. The normalized spacial score (nSPS) is 10.3. The molecule has 0 saturated carbocycles. The van der Waals surface area contributed by atoms with E-state index >= 15 is 0 Å². The fourth-order valence-electron chi connectivity index (χ4n) is 1.58. The van der Waals surface area contributed by atoms with E-state index in [4.69, 9.17) is 10.5 Å². The molecule has 5 nitrogen and oxygen atoms in total. The molecule has 2 aromatic rings. The summed E-state index contributed by atoms with van der Waals surface area (Å²) in [6.07, 6.45) is 0. The molecule has 0 saturated heterocycles. The molecule has 2 heterocycles. The average molecular weight is 283 g/mol. The van der Waals surface area contributed by atoms with E-state index in [1.54, 1.807) is 11.3 Å². The zero-order valence-corrected chi connectivity index (χ0v) is 11.7. The lowest BCUT2D eigenvalue weighted by molar-refractivity contribution is 0.0603. The summed E-state index contributed by atoms with van der Waals surface area (Å²) in [6.45, 7) is 0.703. The SMILES string of the molecule is COC(=O)c1c(N)nsc1N(C)Cc1ccsc1. The molecule has 0 radical (unpaired) electrons. The van der Waals surface area contributed by atoms with Gasteiger partial charge in [-0.25, -0.2) is 4.79 Å². The summed E-state index contributed by atoms with van der Waals surface area (Å²) in [7, 11) is 3.24. The van der Waals surface area contributed by atoms with Crippen LogP contribution in [-0.4, -0.2) is 24.5 Å². The van der Waals surface area contributed by atoms with Gasteiger partial charge in [-0.2, -0.15) is 15.7 Å². The largest absolute Gasteiger partial charge is 0.465 e. The molecule has 2 aromatic heterocycles. The maximum atomic E-state index is 11.7. The van der Waals surface area contributed by atoms with E-state index in [1.165, 1.54) is 24.2 Å². The second-order valence-electron chi connectivity index (χ2n) is 3.73. The minimum atomic E-state index is -0.451. The summed E-state index contributed by atoms with van der Waals surface area (Å²) in [5.74, 6) is -0.229. The standard InChI is InChI=1S/C11H13N3O2S2/c1-14(5-7-3-4-17-6-7)10-8(11(15)16-2)9(12)13-18-10/h3-4,6H,5H2,1-2H3,(H2,12,13). The number of aromatic nitrogens is 1. The van der Waals surface area contributed by atoms with Crippen molar-refractivity contribution in [2.75, 3.05) is 24.8 Å². The molecule has 7 heteroatoms. The third-order valence-corrected chi connectivity index (χ3v) is 4.15. The van der Waals surface area contributed by atoms with Gasteiger partial charge in [0.05, 0.1) is 7.11 Å². The topological polar surface area (TPSA) is 68.5 Å². The van der Waals surface area contributed by atoms with Crippen LogP contribution in [0.25, 0.3) is 0 Å². The van der Waals surface area contributed by atoms with E-state index < -0.39 is 5.97 Å². The number of carbonyl (C=O) groups excluding carboxylic acids is 1. The quantitative estimate of drug-likeness (QED) is 0.871. The Morgan fingerprint density at radius 1 is 1.61 bits per heavy atom. The molecule has 0 amide bonds. The smallest absolute Gasteiger partial charge is 0.344 e. The molecule has 0 bridgehead atoms. The van der Waals surface area contributed by atoms with Crippen LogP contribution in [-0.2, 0) is 11.3 Å². The second-order valence-corrected chi connectivity index (χ2v) is 5.26. The Morgan fingerprint density at radius 3 is 3.00 bits per heavy atom. The molecule has 0 atom stereocenters. The van der Waals surface area contributed by atoms with E-state index in [0.29, 0.717) is 12.1 Å². The highest BCUT2D eigenvalue weighted by Gasteiger charge is 2.22. The molecule has 2 rings (SSSR count). The molecule has 96 valence electrons. The third-order valence-electron chi connectivity index (χ3n) is 2.44. The van der Waals surface area contributed by atoms with Crippen molar-refractivity contribution in [3.63, 3.8) is 0 Å². The van der Waals surface area contributed by atoms with Gasteiger partial charge in [0.1, 0.15) is 10.6 Å². The number of anilines is 2. The Labute approximate surface area is 113 Å². The van der Waals surface area contributed by atoms with Crippen LogP contribution in [0.1, 0.15) is 15.9 Å². The molecular weight excluding hydrogens is 270 g/mol. The van der Waals surface area contributed by atoms with Gasteiger partial charge < -0.3 is 15.4 Å². The molecule has 0 aliphatic carbocycles. The van der Waals surface area contributed by atoms with Gasteiger partial charge in [-0.05, 0) is 33.9 Å². The van der Waals surface area contributed by atoms with Crippen LogP contribution < -0.4 is 10.6 Å². The lowest BCUT2D eigenvalue weighted by atomic mass is 10.2. The first-order valence-electron chi connectivity index (χ1n) is 5.19. The predicted molar refractivity (Wildman–Crippen MR) is 74.3 cm³/mol. The maximum Gasteiger partial charge on any atom is 0.344 e. The van der Waals surface area contributed by atoms with E-state index in [9.17, 15) is 4.79 Å². The third kappa shape index (κ3) is 2.46. The molecule has 0 spiro atoms. The lowest BCUT2D eigenvalue weighted by Gasteiger charge is -2.17. The average Bonchev–Trinajstić information content (AvgIpc) is 2.97. The Balaban J connectivity index is 2.25. The van der Waals surface area contributed by atoms with E-state index in [2.05, 4.69) is 9.75 Å². The van der Waals surface area contributed by atoms with Crippen molar-refractivity contribution in [3.05, 3.63) is 28.0 Å². The highest BCUT2D eigenvalue weighted by Crippen LogP contribution is 2.31. The number of thiophene rings is 1.